The molecule has 2 aliphatic heterocycles. The van der Waals surface area contributed by atoms with Gasteiger partial charge in [0, 0.05) is 41.7 Å². The number of amides is 2. The largest absolute Gasteiger partial charge is 0.449 e. The molecule has 7 rings (SSSR count). The summed E-state index contributed by atoms with van der Waals surface area (Å²) >= 11 is 0. The predicted molar refractivity (Wildman–Crippen MR) is 162 cm³/mol. The molecule has 2 atom stereocenters. The number of aryl methyl sites for hydroxylation is 1. The third kappa shape index (κ3) is 5.46. The molecule has 1 aromatic heterocycles. The molecule has 0 spiro atoms. The van der Waals surface area contributed by atoms with Crippen LogP contribution in [0.2, 0.25) is 0 Å². The van der Waals surface area contributed by atoms with Crippen molar-refractivity contribution in [1.82, 2.24) is 9.88 Å². The second-order valence-electron chi connectivity index (χ2n) is 11.5. The highest BCUT2D eigenvalue weighted by atomic mass is 19.1. The van der Waals surface area contributed by atoms with Gasteiger partial charge in [0.2, 0.25) is 5.91 Å². The number of hydrogen-bond donors (Lipinski definition) is 3. The molecule has 1 saturated carbocycles. The minimum atomic E-state index is -0.742. The number of anilines is 3. The van der Waals surface area contributed by atoms with E-state index in [-0.39, 0.29) is 24.2 Å². The zero-order valence-electron chi connectivity index (χ0n) is 23.9. The average Bonchev–Trinajstić information content (AvgIpc) is 3.81. The molecule has 3 heterocycles. The molecule has 0 unspecified atom stereocenters. The predicted octanol–water partition coefficient (Wildman–Crippen LogP) is 6.62. The summed E-state index contributed by atoms with van der Waals surface area (Å²) in [5.74, 6) is 0.0110. The van der Waals surface area contributed by atoms with Crippen LogP contribution >= 0.6 is 0 Å². The van der Waals surface area contributed by atoms with Gasteiger partial charge in [-0.15, -0.1) is 0 Å². The number of pyridine rings is 1. The maximum absolute atomic E-state index is 14.7. The number of benzene rings is 3. The number of rotatable bonds is 3. The van der Waals surface area contributed by atoms with E-state index >= 15 is 0 Å². The van der Waals surface area contributed by atoms with Crippen LogP contribution in [0.1, 0.15) is 65.5 Å². The lowest BCUT2D eigenvalue weighted by atomic mass is 9.92. The number of halogens is 1. The number of aromatic nitrogens is 1. The fourth-order valence-corrected chi connectivity index (χ4v) is 5.82. The number of carbonyl (C=O) groups excluding carboxylic acids is 2. The lowest BCUT2D eigenvalue weighted by Crippen LogP contribution is -2.35. The smallest absolute Gasteiger partial charge is 0.411 e. The Bertz CT molecular complexity index is 1700. The van der Waals surface area contributed by atoms with Gasteiger partial charge in [0.25, 0.3) is 0 Å². The molecule has 0 saturated heterocycles. The van der Waals surface area contributed by atoms with Gasteiger partial charge in [-0.2, -0.15) is 0 Å². The molecule has 2 amide bonds. The Labute approximate surface area is 244 Å². The number of nitrogen functional groups attached to an aromatic ring is 1. The van der Waals surface area contributed by atoms with Crippen LogP contribution in [0, 0.1) is 12.7 Å². The monoisotopic (exact) mass is 567 g/mol. The summed E-state index contributed by atoms with van der Waals surface area (Å²) in [5.41, 5.74) is 12.1. The Morgan fingerprint density at radius 2 is 1.83 bits per heavy atom. The second-order valence-corrected chi connectivity index (χ2v) is 11.5. The number of nitrogens with two attached hydrogens (primary N) is 1. The van der Waals surface area contributed by atoms with E-state index in [1.54, 1.807) is 30.1 Å². The van der Waals surface area contributed by atoms with Crippen molar-refractivity contribution in [1.29, 1.82) is 0 Å². The number of likely N-dealkylation sites (N-methyl/N-ethyl adjacent to an activating group) is 1. The summed E-state index contributed by atoms with van der Waals surface area (Å²) in [4.78, 5) is 32.4. The second kappa shape index (κ2) is 11.0. The van der Waals surface area contributed by atoms with Gasteiger partial charge in [-0.1, -0.05) is 31.2 Å². The number of ether oxygens (including phenoxy) is 1. The Kier molecular flexibility index (Phi) is 7.18. The van der Waals surface area contributed by atoms with Crippen LogP contribution < -0.4 is 16.4 Å². The van der Waals surface area contributed by atoms with E-state index in [9.17, 15) is 14.0 Å². The van der Waals surface area contributed by atoms with Gasteiger partial charge < -0.3 is 20.7 Å². The Balaban J connectivity index is 1.41. The molecule has 9 heteroatoms. The number of nitrogens with zero attached hydrogens (tertiary/aromatic N) is 2. The fourth-order valence-electron chi connectivity index (χ4n) is 5.82. The third-order valence-electron chi connectivity index (χ3n) is 8.24. The summed E-state index contributed by atoms with van der Waals surface area (Å²) in [6.45, 7) is 4.55. The van der Waals surface area contributed by atoms with Crippen molar-refractivity contribution in [3.8, 4) is 0 Å². The molecule has 4 aromatic rings. The van der Waals surface area contributed by atoms with Crippen LogP contribution in [0.4, 0.5) is 26.4 Å². The molecule has 3 aliphatic rings. The molecule has 8 nitrogen and oxygen atoms in total. The molecule has 1 fully saturated rings. The molecular formula is C33H34FN5O3. The summed E-state index contributed by atoms with van der Waals surface area (Å²) in [6, 6.07) is 16.2. The van der Waals surface area contributed by atoms with Crippen molar-refractivity contribution in [2.75, 3.05) is 30.0 Å². The lowest BCUT2D eigenvalue weighted by Gasteiger charge is -2.28. The van der Waals surface area contributed by atoms with Gasteiger partial charge in [-0.05, 0) is 83.8 Å². The van der Waals surface area contributed by atoms with E-state index in [0.29, 0.717) is 34.6 Å². The Hall–Kier alpha value is -4.66. The van der Waals surface area contributed by atoms with Crippen molar-refractivity contribution in [2.45, 2.75) is 51.1 Å². The summed E-state index contributed by atoms with van der Waals surface area (Å²) in [7, 11) is 1.78. The number of carbonyl (C=O) groups is 2. The first kappa shape index (κ1) is 27.5. The van der Waals surface area contributed by atoms with E-state index in [0.717, 1.165) is 41.3 Å². The van der Waals surface area contributed by atoms with Crippen molar-refractivity contribution < 1.29 is 18.7 Å². The quantitative estimate of drug-likeness (QED) is 0.257. The minimum absolute atomic E-state index is 0.0576. The molecule has 0 radical (unpaired) electrons. The van der Waals surface area contributed by atoms with Gasteiger partial charge in [0.15, 0.2) is 0 Å². The number of hydrogen-bond acceptors (Lipinski definition) is 6. The molecule has 1 aliphatic carbocycles. The van der Waals surface area contributed by atoms with Gasteiger partial charge >= 0.3 is 6.09 Å². The van der Waals surface area contributed by atoms with E-state index in [1.807, 2.05) is 50.2 Å². The maximum atomic E-state index is 14.7. The Morgan fingerprint density at radius 1 is 1.05 bits per heavy atom. The fraction of sp³-hybridized carbons (Fsp3) is 0.303. The first-order valence-electron chi connectivity index (χ1n) is 14.2. The van der Waals surface area contributed by atoms with E-state index in [2.05, 4.69) is 15.6 Å². The highest BCUT2D eigenvalue weighted by Gasteiger charge is 2.30. The topological polar surface area (TPSA) is 110 Å². The minimum Gasteiger partial charge on any atom is -0.449 e. The molecular weight excluding hydrogens is 533 g/mol. The summed E-state index contributed by atoms with van der Waals surface area (Å²) < 4.78 is 20.3. The van der Waals surface area contributed by atoms with Crippen LogP contribution in [0.15, 0.2) is 60.8 Å². The summed E-state index contributed by atoms with van der Waals surface area (Å²) in [5, 5.41) is 7.07. The van der Waals surface area contributed by atoms with Gasteiger partial charge in [0.1, 0.15) is 17.7 Å². The number of nitrogens with one attached hydrogen (secondary N) is 2. The van der Waals surface area contributed by atoms with Crippen LogP contribution in [0.25, 0.3) is 10.8 Å². The molecule has 4 N–H and O–H groups in total. The first-order chi connectivity index (χ1) is 20.2. The van der Waals surface area contributed by atoms with E-state index in [4.69, 9.17) is 10.5 Å². The van der Waals surface area contributed by atoms with E-state index in [1.165, 1.54) is 5.56 Å². The molecule has 4 bridgehead atoms. The van der Waals surface area contributed by atoms with Gasteiger partial charge in [0.05, 0.1) is 12.8 Å². The van der Waals surface area contributed by atoms with Gasteiger partial charge in [-0.25, -0.2) is 14.2 Å². The molecule has 3 aromatic carbocycles. The lowest BCUT2D eigenvalue weighted by molar-refractivity contribution is -0.131. The molecule has 216 valence electrons. The van der Waals surface area contributed by atoms with Crippen LogP contribution in [0.5, 0.6) is 0 Å². The highest BCUT2D eigenvalue weighted by Crippen LogP contribution is 2.43. The standard InChI is InChI=1S/C33H34FN5O3/c1-18-12-21-6-9-25(18)19(2)17-42-33(41)38-23-7-10-26(20-4-5-20)22(13-23)16-39(3)32(40)30(21)37-24-8-11-27-28(14-24)29(34)15-36-31(27)35/h6-15,19-20,30,37H,4-5,16-17H2,1-3H3,(H2,35,36)(H,38,41)/t19-,30+/m0/s1. The van der Waals surface area contributed by atoms with Crippen molar-refractivity contribution >= 4 is 40.0 Å². The van der Waals surface area contributed by atoms with Crippen LogP contribution in [-0.2, 0) is 16.1 Å². The first-order valence-corrected chi connectivity index (χ1v) is 14.2. The summed E-state index contributed by atoms with van der Waals surface area (Å²) in [6.07, 6.45) is 2.80. The van der Waals surface area contributed by atoms with Crippen LogP contribution in [0.3, 0.4) is 0 Å². The molecule has 42 heavy (non-hydrogen) atoms. The SMILES string of the molecule is Cc1cc2ccc1[C@@H](C)COC(=O)Nc1ccc(C3CC3)c(c1)CN(C)C(=O)[C@@H]2Nc1ccc2c(N)ncc(F)c2c1. The zero-order valence-corrected chi connectivity index (χ0v) is 23.9. The number of fused-ring (bicyclic) bond motifs is 10. The maximum Gasteiger partial charge on any atom is 0.411 e. The normalized spacial score (nSPS) is 19.5. The average molecular weight is 568 g/mol. The zero-order chi connectivity index (χ0) is 29.5. The van der Waals surface area contributed by atoms with E-state index < -0.39 is 18.0 Å². The van der Waals surface area contributed by atoms with Crippen molar-refractivity contribution in [2.24, 2.45) is 0 Å². The Morgan fingerprint density at radius 3 is 2.60 bits per heavy atom. The highest BCUT2D eigenvalue weighted by molar-refractivity contribution is 5.94. The van der Waals surface area contributed by atoms with Crippen LogP contribution in [-0.4, -0.2) is 35.5 Å². The van der Waals surface area contributed by atoms with Crippen molar-refractivity contribution in [3.05, 3.63) is 94.4 Å². The van der Waals surface area contributed by atoms with Gasteiger partial charge in [-0.3, -0.25) is 10.1 Å². The third-order valence-corrected chi connectivity index (χ3v) is 8.24. The van der Waals surface area contributed by atoms with Crippen molar-refractivity contribution in [3.63, 3.8) is 0 Å².